The van der Waals surface area contributed by atoms with Gasteiger partial charge in [-0.3, -0.25) is 4.79 Å². The van der Waals surface area contributed by atoms with Crippen LogP contribution < -0.4 is 19.9 Å². The van der Waals surface area contributed by atoms with E-state index >= 15 is 0 Å². The van der Waals surface area contributed by atoms with Crippen molar-refractivity contribution in [2.75, 3.05) is 0 Å². The normalized spacial score (nSPS) is 19.7. The average molecular weight is 415 g/mol. The molecule has 1 spiro atoms. The molecule has 3 aromatic rings. The summed E-state index contributed by atoms with van der Waals surface area (Å²) in [6.45, 7) is 3.73. The van der Waals surface area contributed by atoms with Gasteiger partial charge >= 0.3 is 5.97 Å². The Bertz CT molecular complexity index is 1250. The van der Waals surface area contributed by atoms with E-state index in [4.69, 9.17) is 19.9 Å². The van der Waals surface area contributed by atoms with Crippen LogP contribution in [0.3, 0.4) is 0 Å². The first-order chi connectivity index (χ1) is 14.9. The first-order valence-corrected chi connectivity index (χ1v) is 10.1. The second kappa shape index (κ2) is 6.96. The maximum atomic E-state index is 12.4. The number of ketones is 1. The zero-order valence-corrected chi connectivity index (χ0v) is 17.1. The van der Waals surface area contributed by atoms with Crippen molar-refractivity contribution >= 4 is 22.5 Å². The van der Waals surface area contributed by atoms with Crippen molar-refractivity contribution in [1.82, 2.24) is 0 Å². The Morgan fingerprint density at radius 1 is 1.00 bits per heavy atom. The van der Waals surface area contributed by atoms with Crippen LogP contribution in [0, 0.1) is 5.92 Å². The molecule has 0 saturated carbocycles. The van der Waals surface area contributed by atoms with Gasteiger partial charge in [0.2, 0.25) is 0 Å². The molecule has 2 N–H and O–H groups in total. The van der Waals surface area contributed by atoms with Crippen molar-refractivity contribution in [3.63, 3.8) is 0 Å². The molecule has 2 aliphatic rings. The third kappa shape index (κ3) is 2.99. The molecule has 6 heteroatoms. The summed E-state index contributed by atoms with van der Waals surface area (Å²) in [5.41, 5.74) is 7.12. The van der Waals surface area contributed by atoms with Crippen molar-refractivity contribution < 1.29 is 23.8 Å². The highest BCUT2D eigenvalue weighted by Crippen LogP contribution is 2.49. The quantitative estimate of drug-likeness (QED) is 0.512. The van der Waals surface area contributed by atoms with Crippen molar-refractivity contribution in [2.45, 2.75) is 25.7 Å². The van der Waals surface area contributed by atoms with Crippen LogP contribution in [0.5, 0.6) is 17.2 Å². The maximum absolute atomic E-state index is 12.4. The molecule has 2 atom stereocenters. The number of rotatable bonds is 3. The number of ether oxygens (including phenoxy) is 3. The highest BCUT2D eigenvalue weighted by molar-refractivity contribution is 6.07. The van der Waals surface area contributed by atoms with Gasteiger partial charge in [-0.05, 0) is 30.2 Å². The zero-order chi connectivity index (χ0) is 21.8. The first kappa shape index (κ1) is 19.3. The van der Waals surface area contributed by atoms with Crippen LogP contribution in [0.1, 0.15) is 29.8 Å². The molecule has 0 bridgehead atoms. The maximum Gasteiger partial charge on any atom is 0.328 e. The van der Waals surface area contributed by atoms with Crippen LogP contribution in [0.25, 0.3) is 10.8 Å². The Labute approximate surface area is 179 Å². The lowest BCUT2D eigenvalue weighted by atomic mass is 9.90. The number of carbonyl (C=O) groups excluding carboxylic acids is 2. The van der Waals surface area contributed by atoms with Gasteiger partial charge in [-0.15, -0.1) is 0 Å². The summed E-state index contributed by atoms with van der Waals surface area (Å²) in [7, 11) is 0. The number of allylic oxidation sites excluding steroid dienone is 1. The summed E-state index contributed by atoms with van der Waals surface area (Å²) >= 11 is 0. The molecular formula is C25H21NO5. The second-order valence-electron chi connectivity index (χ2n) is 8.05. The smallest absolute Gasteiger partial charge is 0.328 e. The standard InChI is InChI=1S/C25H21NO5/c1-14(2)23(26)24(28)29-19-10-11-21-22-16(19)7-5-9-20(22)30-25(31-21)13-12-18(27)15-6-3-4-8-17(15)25/h3-14,23H,26H2,1-2H3/t23-,25?/m0/s1. The summed E-state index contributed by atoms with van der Waals surface area (Å²) in [5, 5.41) is 1.37. The van der Waals surface area contributed by atoms with Gasteiger partial charge in [0.25, 0.3) is 5.79 Å². The van der Waals surface area contributed by atoms with Crippen LogP contribution in [0.4, 0.5) is 0 Å². The molecule has 1 aliphatic heterocycles. The summed E-state index contributed by atoms with van der Waals surface area (Å²) in [6, 6.07) is 15.4. The fourth-order valence-corrected chi connectivity index (χ4v) is 3.92. The van der Waals surface area contributed by atoms with E-state index in [2.05, 4.69) is 0 Å². The van der Waals surface area contributed by atoms with Gasteiger partial charge in [0.1, 0.15) is 23.3 Å². The molecule has 0 saturated heterocycles. The van der Waals surface area contributed by atoms with Gasteiger partial charge < -0.3 is 19.9 Å². The molecular weight excluding hydrogens is 394 g/mol. The summed E-state index contributed by atoms with van der Waals surface area (Å²) < 4.78 is 18.3. The van der Waals surface area contributed by atoms with E-state index in [1.54, 1.807) is 24.3 Å². The highest BCUT2D eigenvalue weighted by Gasteiger charge is 2.44. The van der Waals surface area contributed by atoms with E-state index in [-0.39, 0.29) is 11.7 Å². The van der Waals surface area contributed by atoms with Gasteiger partial charge in [-0.25, -0.2) is 4.79 Å². The van der Waals surface area contributed by atoms with E-state index < -0.39 is 17.8 Å². The fourth-order valence-electron chi connectivity index (χ4n) is 3.92. The molecule has 1 aliphatic carbocycles. The van der Waals surface area contributed by atoms with Crippen LogP contribution in [0.15, 0.2) is 66.7 Å². The predicted octanol–water partition coefficient (Wildman–Crippen LogP) is 4.11. The topological polar surface area (TPSA) is 87.9 Å². The Kier molecular flexibility index (Phi) is 4.34. The number of carbonyl (C=O) groups is 2. The molecule has 1 unspecified atom stereocenters. The lowest BCUT2D eigenvalue weighted by molar-refractivity contribution is -0.136. The van der Waals surface area contributed by atoms with E-state index in [0.29, 0.717) is 39.1 Å². The lowest BCUT2D eigenvalue weighted by Gasteiger charge is -2.39. The molecule has 1 heterocycles. The zero-order valence-electron chi connectivity index (χ0n) is 17.1. The number of esters is 1. The number of benzene rings is 3. The summed E-state index contributed by atoms with van der Waals surface area (Å²) in [4.78, 5) is 24.8. The number of hydrogen-bond acceptors (Lipinski definition) is 6. The summed E-state index contributed by atoms with van der Waals surface area (Å²) in [6.07, 6.45) is 3.10. The van der Waals surface area contributed by atoms with Gasteiger partial charge in [-0.2, -0.15) is 0 Å². The molecule has 5 rings (SSSR count). The van der Waals surface area contributed by atoms with Crippen LogP contribution in [-0.4, -0.2) is 17.8 Å². The van der Waals surface area contributed by atoms with Crippen LogP contribution in [-0.2, 0) is 10.6 Å². The Balaban J connectivity index is 1.59. The molecule has 0 amide bonds. The molecule has 0 aromatic heterocycles. The fraction of sp³-hybridized carbons (Fsp3) is 0.200. The van der Waals surface area contributed by atoms with E-state index in [1.165, 1.54) is 6.08 Å². The van der Waals surface area contributed by atoms with Crippen molar-refractivity contribution in [2.24, 2.45) is 11.7 Å². The minimum atomic E-state index is -1.25. The van der Waals surface area contributed by atoms with E-state index in [9.17, 15) is 9.59 Å². The second-order valence-corrected chi connectivity index (χ2v) is 8.05. The van der Waals surface area contributed by atoms with Gasteiger partial charge in [0.15, 0.2) is 5.78 Å². The van der Waals surface area contributed by atoms with Gasteiger partial charge in [0.05, 0.1) is 10.9 Å². The van der Waals surface area contributed by atoms with Crippen LogP contribution >= 0.6 is 0 Å². The lowest BCUT2D eigenvalue weighted by Crippen LogP contribution is -2.42. The number of nitrogens with two attached hydrogens (primary N) is 1. The van der Waals surface area contributed by atoms with Crippen molar-refractivity contribution in [1.29, 1.82) is 0 Å². The molecule has 3 aromatic carbocycles. The minimum Gasteiger partial charge on any atom is -0.444 e. The monoisotopic (exact) mass is 415 g/mol. The van der Waals surface area contributed by atoms with Crippen molar-refractivity contribution in [3.8, 4) is 17.2 Å². The van der Waals surface area contributed by atoms with Crippen LogP contribution in [0.2, 0.25) is 0 Å². The number of hydrogen-bond donors (Lipinski definition) is 1. The Morgan fingerprint density at radius 2 is 1.74 bits per heavy atom. The molecule has 31 heavy (non-hydrogen) atoms. The third-order valence-electron chi connectivity index (χ3n) is 5.67. The minimum absolute atomic E-state index is 0.0418. The average Bonchev–Trinajstić information content (AvgIpc) is 2.78. The number of fused-ring (bicyclic) bond motifs is 2. The Morgan fingerprint density at radius 3 is 2.52 bits per heavy atom. The van der Waals surface area contributed by atoms with E-state index in [1.807, 2.05) is 50.2 Å². The first-order valence-electron chi connectivity index (χ1n) is 10.1. The molecule has 0 fully saturated rings. The van der Waals surface area contributed by atoms with Gasteiger partial charge in [-0.1, -0.05) is 50.2 Å². The SMILES string of the molecule is CC(C)[C@H](N)C(=O)Oc1ccc2c3c(cccc13)OC1(C=CC(=O)c3ccccc31)O2. The third-order valence-corrected chi connectivity index (χ3v) is 5.67. The predicted molar refractivity (Wildman–Crippen MR) is 115 cm³/mol. The van der Waals surface area contributed by atoms with Crippen molar-refractivity contribution in [3.05, 3.63) is 77.9 Å². The molecule has 6 nitrogen and oxygen atoms in total. The summed E-state index contributed by atoms with van der Waals surface area (Å²) in [5.74, 6) is -0.352. The molecule has 156 valence electrons. The van der Waals surface area contributed by atoms with E-state index in [0.717, 1.165) is 0 Å². The highest BCUT2D eigenvalue weighted by atomic mass is 16.7. The largest absolute Gasteiger partial charge is 0.444 e. The Hall–Kier alpha value is -3.64. The molecule has 0 radical (unpaired) electrons. The van der Waals surface area contributed by atoms with Gasteiger partial charge in [0, 0.05) is 17.0 Å².